The zero-order valence-corrected chi connectivity index (χ0v) is 12.8. The van der Waals surface area contributed by atoms with Gasteiger partial charge < -0.3 is 10.1 Å². The zero-order chi connectivity index (χ0) is 16.9. The summed E-state index contributed by atoms with van der Waals surface area (Å²) >= 11 is 0. The van der Waals surface area contributed by atoms with Crippen LogP contribution >= 0.6 is 0 Å². The van der Waals surface area contributed by atoms with Crippen molar-refractivity contribution in [3.63, 3.8) is 0 Å². The Kier molecular flexibility index (Phi) is 4.33. The van der Waals surface area contributed by atoms with Crippen LogP contribution in [-0.4, -0.2) is 26.8 Å². The van der Waals surface area contributed by atoms with Gasteiger partial charge in [0.05, 0.1) is 0 Å². The summed E-state index contributed by atoms with van der Waals surface area (Å²) in [5.41, 5.74) is 0.869. The number of aryl methyl sites for hydroxylation is 1. The number of hydrogen-bond donors (Lipinski definition) is 1. The number of para-hydroxylation sites is 1. The van der Waals surface area contributed by atoms with Crippen molar-refractivity contribution in [3.8, 4) is 5.75 Å². The van der Waals surface area contributed by atoms with Gasteiger partial charge in [-0.2, -0.15) is 9.78 Å². The number of aromatic nitrogens is 3. The number of carbonyl (C=O) groups excluding carboxylic acids is 2. The number of nitrogens with one attached hydrogen (secondary N) is 1. The second-order valence-electron chi connectivity index (χ2n) is 4.94. The van der Waals surface area contributed by atoms with E-state index in [0.29, 0.717) is 11.6 Å². The quantitative estimate of drug-likeness (QED) is 0.801. The van der Waals surface area contributed by atoms with E-state index in [1.807, 2.05) is 19.1 Å². The van der Waals surface area contributed by atoms with Crippen molar-refractivity contribution in [1.29, 1.82) is 0 Å². The molecule has 0 aliphatic carbocycles. The third-order valence-electron chi connectivity index (χ3n) is 3.09. The number of nitrogens with zero attached hydrogens (tertiary/aromatic N) is 3. The molecular weight excluding hydrogens is 308 g/mol. The predicted octanol–water partition coefficient (Wildman–Crippen LogP) is 2.89. The summed E-state index contributed by atoms with van der Waals surface area (Å²) in [5.74, 6) is 0.355. The average Bonchev–Trinajstić information content (AvgIpc) is 3.06. The molecule has 120 valence electrons. The lowest BCUT2D eigenvalue weighted by Crippen LogP contribution is -2.19. The van der Waals surface area contributed by atoms with E-state index >= 15 is 0 Å². The fourth-order valence-corrected chi connectivity index (χ4v) is 1.98. The van der Waals surface area contributed by atoms with E-state index in [0.717, 1.165) is 10.4 Å². The van der Waals surface area contributed by atoms with Crippen LogP contribution in [0.5, 0.6) is 5.75 Å². The largest absolute Gasteiger partial charge is 0.440 e. The van der Waals surface area contributed by atoms with Gasteiger partial charge in [0.15, 0.2) is 5.69 Å². The van der Waals surface area contributed by atoms with Crippen molar-refractivity contribution in [2.45, 2.75) is 6.92 Å². The first-order valence-electron chi connectivity index (χ1n) is 7.20. The number of ether oxygens (including phenoxy) is 1. The minimum atomic E-state index is -0.700. The lowest BCUT2D eigenvalue weighted by atomic mass is 10.3. The van der Waals surface area contributed by atoms with E-state index < -0.39 is 12.0 Å². The lowest BCUT2D eigenvalue weighted by Gasteiger charge is -2.04. The monoisotopic (exact) mass is 322 g/mol. The van der Waals surface area contributed by atoms with Gasteiger partial charge in [-0.1, -0.05) is 24.3 Å². The highest BCUT2D eigenvalue weighted by Crippen LogP contribution is 2.10. The highest BCUT2D eigenvalue weighted by molar-refractivity contribution is 6.02. The molecule has 0 unspecified atom stereocenters. The molecule has 2 aromatic heterocycles. The zero-order valence-electron chi connectivity index (χ0n) is 12.8. The molecular formula is C17H14N4O3. The standard InChI is InChI=1S/C17H14N4O3/c1-12-6-5-9-15(18-12)19-16(22)14-10-11-21(20-14)17(23)24-13-7-3-2-4-8-13/h2-11H,1H3,(H,18,19,22). The summed E-state index contributed by atoms with van der Waals surface area (Å²) in [5, 5.41) is 6.55. The molecule has 7 heteroatoms. The molecule has 24 heavy (non-hydrogen) atoms. The number of anilines is 1. The Hall–Kier alpha value is -3.48. The Labute approximate surface area is 137 Å². The second-order valence-corrected chi connectivity index (χ2v) is 4.94. The van der Waals surface area contributed by atoms with Crippen LogP contribution in [0.25, 0.3) is 0 Å². The topological polar surface area (TPSA) is 86.1 Å². The summed E-state index contributed by atoms with van der Waals surface area (Å²) in [6, 6.07) is 15.3. The minimum absolute atomic E-state index is 0.0864. The van der Waals surface area contributed by atoms with Crippen molar-refractivity contribution in [2.75, 3.05) is 5.32 Å². The van der Waals surface area contributed by atoms with Gasteiger partial charge in [0.2, 0.25) is 0 Å². The number of amides is 1. The minimum Gasteiger partial charge on any atom is -0.409 e. The summed E-state index contributed by atoms with van der Waals surface area (Å²) in [7, 11) is 0. The van der Waals surface area contributed by atoms with Crippen LogP contribution in [0.15, 0.2) is 60.8 Å². The molecule has 0 spiro atoms. The molecule has 0 aliphatic heterocycles. The molecule has 7 nitrogen and oxygen atoms in total. The molecule has 1 aromatic carbocycles. The maximum absolute atomic E-state index is 12.1. The van der Waals surface area contributed by atoms with Crippen molar-refractivity contribution >= 4 is 17.8 Å². The summed E-state index contributed by atoms with van der Waals surface area (Å²) in [6.07, 6.45) is 0.665. The second kappa shape index (κ2) is 6.74. The highest BCUT2D eigenvalue weighted by atomic mass is 16.6. The predicted molar refractivity (Wildman–Crippen MR) is 87.0 cm³/mol. The van der Waals surface area contributed by atoms with Gasteiger partial charge in [-0.05, 0) is 37.3 Å². The summed E-state index contributed by atoms with van der Waals surface area (Å²) in [4.78, 5) is 28.3. The number of benzene rings is 1. The van der Waals surface area contributed by atoms with E-state index in [-0.39, 0.29) is 5.69 Å². The molecule has 2 heterocycles. The summed E-state index contributed by atoms with van der Waals surface area (Å²) < 4.78 is 6.11. The molecule has 0 atom stereocenters. The molecule has 0 saturated carbocycles. The van der Waals surface area contributed by atoms with Crippen molar-refractivity contribution < 1.29 is 14.3 Å². The van der Waals surface area contributed by atoms with Crippen LogP contribution in [0.3, 0.4) is 0 Å². The third-order valence-corrected chi connectivity index (χ3v) is 3.09. The van der Waals surface area contributed by atoms with Gasteiger partial charge in [0.1, 0.15) is 11.6 Å². The van der Waals surface area contributed by atoms with Gasteiger partial charge in [-0.3, -0.25) is 4.79 Å². The fourth-order valence-electron chi connectivity index (χ4n) is 1.98. The first-order chi connectivity index (χ1) is 11.6. The first-order valence-corrected chi connectivity index (χ1v) is 7.20. The van der Waals surface area contributed by atoms with E-state index in [1.54, 1.807) is 36.4 Å². The maximum atomic E-state index is 12.1. The fraction of sp³-hybridized carbons (Fsp3) is 0.0588. The Morgan fingerprint density at radius 1 is 1.04 bits per heavy atom. The molecule has 0 bridgehead atoms. The van der Waals surface area contributed by atoms with Gasteiger partial charge in [-0.15, -0.1) is 0 Å². The van der Waals surface area contributed by atoms with Gasteiger partial charge in [0, 0.05) is 11.9 Å². The molecule has 0 saturated heterocycles. The average molecular weight is 322 g/mol. The van der Waals surface area contributed by atoms with Gasteiger partial charge >= 0.3 is 6.09 Å². The Balaban J connectivity index is 1.68. The van der Waals surface area contributed by atoms with Crippen LogP contribution in [-0.2, 0) is 0 Å². The molecule has 3 rings (SSSR count). The smallest absolute Gasteiger partial charge is 0.409 e. The number of carbonyl (C=O) groups is 2. The summed E-state index contributed by atoms with van der Waals surface area (Å²) in [6.45, 7) is 1.82. The third kappa shape index (κ3) is 3.64. The van der Waals surface area contributed by atoms with Crippen LogP contribution in [0.4, 0.5) is 10.6 Å². The van der Waals surface area contributed by atoms with E-state index in [4.69, 9.17) is 4.74 Å². The number of rotatable bonds is 3. The van der Waals surface area contributed by atoms with Gasteiger partial charge in [-0.25, -0.2) is 9.78 Å². The normalized spacial score (nSPS) is 10.2. The Morgan fingerprint density at radius 2 is 1.83 bits per heavy atom. The van der Waals surface area contributed by atoms with Crippen molar-refractivity contribution in [3.05, 3.63) is 72.2 Å². The lowest BCUT2D eigenvalue weighted by molar-refractivity contribution is 0.102. The van der Waals surface area contributed by atoms with Crippen LogP contribution in [0, 0.1) is 6.92 Å². The van der Waals surface area contributed by atoms with Gasteiger partial charge in [0.25, 0.3) is 5.91 Å². The maximum Gasteiger partial charge on any atom is 0.440 e. The molecule has 1 amide bonds. The van der Waals surface area contributed by atoms with E-state index in [9.17, 15) is 9.59 Å². The number of hydrogen-bond acceptors (Lipinski definition) is 5. The van der Waals surface area contributed by atoms with Crippen molar-refractivity contribution in [2.24, 2.45) is 0 Å². The molecule has 0 radical (unpaired) electrons. The number of pyridine rings is 1. The molecule has 0 fully saturated rings. The van der Waals surface area contributed by atoms with Crippen LogP contribution in [0.1, 0.15) is 16.2 Å². The molecule has 3 aromatic rings. The van der Waals surface area contributed by atoms with Crippen LogP contribution < -0.4 is 10.1 Å². The highest BCUT2D eigenvalue weighted by Gasteiger charge is 2.15. The molecule has 0 aliphatic rings. The van der Waals surface area contributed by atoms with Crippen LogP contribution in [0.2, 0.25) is 0 Å². The van der Waals surface area contributed by atoms with E-state index in [2.05, 4.69) is 15.4 Å². The Bertz CT molecular complexity index is 874. The Morgan fingerprint density at radius 3 is 2.58 bits per heavy atom. The first kappa shape index (κ1) is 15.4. The SMILES string of the molecule is Cc1cccc(NC(=O)c2ccn(C(=O)Oc3ccccc3)n2)n1. The molecule has 1 N–H and O–H groups in total. The van der Waals surface area contributed by atoms with E-state index in [1.165, 1.54) is 12.3 Å². The van der Waals surface area contributed by atoms with Crippen molar-refractivity contribution in [1.82, 2.24) is 14.8 Å².